The number of likely N-dealkylation sites (tertiary alicyclic amines) is 1. The summed E-state index contributed by atoms with van der Waals surface area (Å²) in [5.74, 6) is 1.01. The molecule has 5 nitrogen and oxygen atoms in total. The lowest BCUT2D eigenvalue weighted by molar-refractivity contribution is 0.0636. The highest BCUT2D eigenvalue weighted by atomic mass is 16.5. The molecule has 1 unspecified atom stereocenters. The second-order valence-electron chi connectivity index (χ2n) is 8.40. The molecule has 4 rings (SSSR count). The molecule has 1 saturated heterocycles. The van der Waals surface area contributed by atoms with E-state index in [1.807, 2.05) is 41.3 Å². The molecular weight excluding hydrogens is 386 g/mol. The number of aromatic nitrogens is 1. The van der Waals surface area contributed by atoms with E-state index in [-0.39, 0.29) is 5.91 Å². The molecule has 3 aromatic rings. The van der Waals surface area contributed by atoms with E-state index in [9.17, 15) is 4.79 Å². The second-order valence-corrected chi connectivity index (χ2v) is 8.40. The van der Waals surface area contributed by atoms with Gasteiger partial charge in [-0.3, -0.25) is 9.69 Å². The maximum atomic E-state index is 13.2. The van der Waals surface area contributed by atoms with E-state index in [0.717, 1.165) is 49.1 Å². The number of aromatic amines is 1. The van der Waals surface area contributed by atoms with Crippen molar-refractivity contribution in [2.75, 3.05) is 33.3 Å². The largest absolute Gasteiger partial charge is 0.497 e. The number of para-hydroxylation sites is 1. The highest BCUT2D eigenvalue weighted by molar-refractivity contribution is 5.98. The number of H-pyrrole nitrogens is 1. The van der Waals surface area contributed by atoms with Crippen LogP contribution in [0.2, 0.25) is 0 Å². The Morgan fingerprint density at radius 1 is 1.16 bits per heavy atom. The lowest BCUT2D eigenvalue weighted by Crippen LogP contribution is -2.48. The molecule has 1 amide bonds. The van der Waals surface area contributed by atoms with Gasteiger partial charge in [0.25, 0.3) is 5.91 Å². The van der Waals surface area contributed by atoms with Crippen LogP contribution in [0.4, 0.5) is 0 Å². The summed E-state index contributed by atoms with van der Waals surface area (Å²) in [7, 11) is 1.71. The van der Waals surface area contributed by atoms with Gasteiger partial charge in [0.15, 0.2) is 0 Å². The fourth-order valence-corrected chi connectivity index (χ4v) is 4.63. The number of hydrogen-bond donors (Lipinski definition) is 1. The number of piperidine rings is 1. The topological polar surface area (TPSA) is 48.6 Å². The zero-order valence-electron chi connectivity index (χ0n) is 18.6. The van der Waals surface area contributed by atoms with E-state index in [0.29, 0.717) is 18.3 Å². The van der Waals surface area contributed by atoms with Gasteiger partial charge in [0, 0.05) is 36.6 Å². The second kappa shape index (κ2) is 10.0. The average Bonchev–Trinajstić information content (AvgIpc) is 3.26. The van der Waals surface area contributed by atoms with E-state index >= 15 is 0 Å². The van der Waals surface area contributed by atoms with Crippen LogP contribution in [0, 0.1) is 0 Å². The first-order valence-electron chi connectivity index (χ1n) is 11.4. The highest BCUT2D eigenvalue weighted by Gasteiger charge is 2.26. The molecule has 1 aromatic heterocycles. The molecule has 0 radical (unpaired) electrons. The molecule has 2 aromatic carbocycles. The van der Waals surface area contributed by atoms with Crippen molar-refractivity contribution in [2.24, 2.45) is 0 Å². The predicted molar refractivity (Wildman–Crippen MR) is 126 cm³/mol. The molecule has 0 bridgehead atoms. The fraction of sp³-hybridized carbons (Fsp3) is 0.423. The Labute approximate surface area is 185 Å². The number of nitrogens with one attached hydrogen (secondary N) is 1. The Balaban J connectivity index is 1.42. The van der Waals surface area contributed by atoms with Crippen molar-refractivity contribution in [1.29, 1.82) is 0 Å². The number of ether oxygens (including phenoxy) is 1. The van der Waals surface area contributed by atoms with Crippen LogP contribution in [0.3, 0.4) is 0 Å². The van der Waals surface area contributed by atoms with Gasteiger partial charge in [-0.25, -0.2) is 0 Å². The minimum atomic E-state index is 0.0945. The number of carbonyl (C=O) groups excluding carboxylic acids is 1. The van der Waals surface area contributed by atoms with Crippen molar-refractivity contribution >= 4 is 16.8 Å². The molecule has 0 spiro atoms. The lowest BCUT2D eigenvalue weighted by atomic mass is 10.00. The molecule has 31 heavy (non-hydrogen) atoms. The zero-order valence-corrected chi connectivity index (χ0v) is 18.6. The van der Waals surface area contributed by atoms with E-state index in [4.69, 9.17) is 4.74 Å². The van der Waals surface area contributed by atoms with E-state index in [2.05, 4.69) is 35.0 Å². The van der Waals surface area contributed by atoms with Gasteiger partial charge in [0.05, 0.1) is 7.11 Å². The third-order valence-corrected chi connectivity index (χ3v) is 6.43. The number of carbonyl (C=O) groups is 1. The summed E-state index contributed by atoms with van der Waals surface area (Å²) in [4.78, 5) is 21.1. The van der Waals surface area contributed by atoms with Gasteiger partial charge in [-0.1, -0.05) is 36.8 Å². The van der Waals surface area contributed by atoms with Crippen LogP contribution < -0.4 is 4.74 Å². The van der Waals surface area contributed by atoms with Gasteiger partial charge in [-0.05, 0) is 62.6 Å². The summed E-state index contributed by atoms with van der Waals surface area (Å²) in [6, 6.07) is 18.8. The van der Waals surface area contributed by atoms with Crippen molar-refractivity contribution in [3.63, 3.8) is 0 Å². The van der Waals surface area contributed by atoms with Gasteiger partial charge in [-0.15, -0.1) is 0 Å². The first-order chi connectivity index (χ1) is 15.2. The number of rotatable bonds is 8. The normalized spacial score (nSPS) is 17.0. The molecule has 5 heteroatoms. The SMILES string of the molecule is CCN(CC1CCCCN1CCc1cccc(OC)c1)C(=O)c1cc2ccccc2[nH]1. The number of fused-ring (bicyclic) bond motifs is 1. The number of methoxy groups -OCH3 is 1. The van der Waals surface area contributed by atoms with Crippen LogP contribution in [-0.4, -0.2) is 60.0 Å². The summed E-state index contributed by atoms with van der Waals surface area (Å²) < 4.78 is 5.36. The Morgan fingerprint density at radius 2 is 2.03 bits per heavy atom. The Kier molecular flexibility index (Phi) is 6.92. The summed E-state index contributed by atoms with van der Waals surface area (Å²) >= 11 is 0. The fourth-order valence-electron chi connectivity index (χ4n) is 4.63. The van der Waals surface area contributed by atoms with E-state index < -0.39 is 0 Å². The minimum Gasteiger partial charge on any atom is -0.497 e. The maximum absolute atomic E-state index is 13.2. The van der Waals surface area contributed by atoms with Gasteiger partial charge in [0.1, 0.15) is 11.4 Å². The highest BCUT2D eigenvalue weighted by Crippen LogP contribution is 2.21. The summed E-state index contributed by atoms with van der Waals surface area (Å²) in [6.07, 6.45) is 4.61. The standard InChI is InChI=1S/C26H33N3O2/c1-3-28(26(30)25-18-21-10-4-5-13-24(21)27-25)19-22-11-6-7-15-29(22)16-14-20-9-8-12-23(17-20)31-2/h4-5,8-10,12-13,17-18,22,27H,3,6-7,11,14-16,19H2,1-2H3. The third kappa shape index (κ3) is 5.10. The minimum absolute atomic E-state index is 0.0945. The maximum Gasteiger partial charge on any atom is 0.270 e. The van der Waals surface area contributed by atoms with Crippen molar-refractivity contribution in [3.8, 4) is 5.75 Å². The zero-order chi connectivity index (χ0) is 21.6. The number of amides is 1. The molecule has 1 aliphatic heterocycles. The number of hydrogen-bond acceptors (Lipinski definition) is 3. The summed E-state index contributed by atoms with van der Waals surface area (Å²) in [5, 5.41) is 1.08. The Hall–Kier alpha value is -2.79. The van der Waals surface area contributed by atoms with Crippen molar-refractivity contribution in [1.82, 2.24) is 14.8 Å². The quantitative estimate of drug-likeness (QED) is 0.574. The van der Waals surface area contributed by atoms with Crippen LogP contribution in [-0.2, 0) is 6.42 Å². The summed E-state index contributed by atoms with van der Waals surface area (Å²) in [6.45, 7) is 5.68. The Morgan fingerprint density at radius 3 is 2.84 bits per heavy atom. The summed E-state index contributed by atoms with van der Waals surface area (Å²) in [5.41, 5.74) is 2.99. The number of benzene rings is 2. The molecule has 1 fully saturated rings. The van der Waals surface area contributed by atoms with Crippen molar-refractivity contribution < 1.29 is 9.53 Å². The molecule has 1 aliphatic rings. The van der Waals surface area contributed by atoms with Gasteiger partial charge in [-0.2, -0.15) is 0 Å². The molecule has 0 saturated carbocycles. The van der Waals surface area contributed by atoms with Gasteiger partial charge in [0.2, 0.25) is 0 Å². The molecule has 1 N–H and O–H groups in total. The van der Waals surface area contributed by atoms with Crippen molar-refractivity contribution in [3.05, 3.63) is 65.9 Å². The van der Waals surface area contributed by atoms with Crippen LogP contribution in [0.5, 0.6) is 5.75 Å². The predicted octanol–water partition coefficient (Wildman–Crippen LogP) is 4.74. The lowest BCUT2D eigenvalue weighted by Gasteiger charge is -2.38. The van der Waals surface area contributed by atoms with E-state index in [1.165, 1.54) is 18.4 Å². The van der Waals surface area contributed by atoms with Gasteiger partial charge < -0.3 is 14.6 Å². The monoisotopic (exact) mass is 419 g/mol. The number of likely N-dealkylation sites (N-methyl/N-ethyl adjacent to an activating group) is 1. The van der Waals surface area contributed by atoms with Crippen LogP contribution >= 0.6 is 0 Å². The van der Waals surface area contributed by atoms with Crippen LogP contribution in [0.1, 0.15) is 42.2 Å². The first kappa shape index (κ1) is 21.4. The molecule has 1 atom stereocenters. The molecule has 2 heterocycles. The van der Waals surface area contributed by atoms with Crippen LogP contribution in [0.25, 0.3) is 10.9 Å². The average molecular weight is 420 g/mol. The smallest absolute Gasteiger partial charge is 0.270 e. The number of nitrogens with zero attached hydrogens (tertiary/aromatic N) is 2. The molecule has 164 valence electrons. The van der Waals surface area contributed by atoms with Gasteiger partial charge >= 0.3 is 0 Å². The van der Waals surface area contributed by atoms with E-state index in [1.54, 1.807) is 7.11 Å². The molecule has 0 aliphatic carbocycles. The Bertz CT molecular complexity index is 980. The molecular formula is C26H33N3O2. The third-order valence-electron chi connectivity index (χ3n) is 6.43. The van der Waals surface area contributed by atoms with Crippen LogP contribution in [0.15, 0.2) is 54.6 Å². The van der Waals surface area contributed by atoms with Crippen molar-refractivity contribution in [2.45, 2.75) is 38.6 Å². The first-order valence-corrected chi connectivity index (χ1v) is 11.4.